The third-order valence-electron chi connectivity index (χ3n) is 5.33. The van der Waals surface area contributed by atoms with Gasteiger partial charge in [-0.25, -0.2) is 0 Å². The Morgan fingerprint density at radius 2 is 1.91 bits per heavy atom. The van der Waals surface area contributed by atoms with Gasteiger partial charge in [-0.1, -0.05) is 91.5 Å². The first kappa shape index (κ1) is 23.8. The Morgan fingerprint density at radius 1 is 1.09 bits per heavy atom. The molecule has 1 aliphatic heterocycles. The number of nitrogens with zero attached hydrogens (tertiary/aromatic N) is 4. The van der Waals surface area contributed by atoms with E-state index in [0.29, 0.717) is 43.6 Å². The maximum absolute atomic E-state index is 12.8. The van der Waals surface area contributed by atoms with E-state index >= 15 is 0 Å². The number of para-hydroxylation sites is 1. The summed E-state index contributed by atoms with van der Waals surface area (Å²) in [5, 5.41) is 10.0. The number of thioether (sulfide) groups is 1. The quantitative estimate of drug-likeness (QED) is 0.256. The summed E-state index contributed by atoms with van der Waals surface area (Å²) in [4.78, 5) is 19.1. The van der Waals surface area contributed by atoms with Crippen molar-refractivity contribution < 1.29 is 9.53 Å². The van der Waals surface area contributed by atoms with Crippen molar-refractivity contribution in [3.8, 4) is 17.1 Å². The zero-order valence-corrected chi connectivity index (χ0v) is 20.8. The highest BCUT2D eigenvalue weighted by Crippen LogP contribution is 2.45. The van der Waals surface area contributed by atoms with Crippen LogP contribution in [0, 0.1) is 0 Å². The molecule has 172 valence electrons. The van der Waals surface area contributed by atoms with Crippen molar-refractivity contribution in [2.24, 2.45) is 0 Å². The summed E-state index contributed by atoms with van der Waals surface area (Å²) in [5.41, 5.74) is 2.39. The summed E-state index contributed by atoms with van der Waals surface area (Å²) < 4.78 is 6.36. The predicted molar refractivity (Wildman–Crippen MR) is 133 cm³/mol. The molecule has 0 N–H and O–H groups in total. The van der Waals surface area contributed by atoms with Crippen LogP contribution in [0.5, 0.6) is 5.88 Å². The number of unbranched alkanes of at least 4 members (excludes halogenated alkanes) is 3. The molecule has 2 aromatic carbocycles. The number of rotatable bonds is 7. The lowest BCUT2D eigenvalue weighted by atomic mass is 10.1. The van der Waals surface area contributed by atoms with E-state index in [1.54, 1.807) is 34.9 Å². The molecule has 33 heavy (non-hydrogen) atoms. The highest BCUT2D eigenvalue weighted by molar-refractivity contribution is 7.99. The number of carbonyl (C=O) groups excluding carboxylic acids is 1. The van der Waals surface area contributed by atoms with Gasteiger partial charge in [0.2, 0.25) is 23.2 Å². The molecule has 4 rings (SSSR count). The second kappa shape index (κ2) is 10.7. The minimum Gasteiger partial charge on any atom is -0.447 e. The molecule has 0 aliphatic carbocycles. The molecule has 3 aromatic rings. The number of carbonyl (C=O) groups is 1. The van der Waals surface area contributed by atoms with Gasteiger partial charge in [0.25, 0.3) is 0 Å². The van der Waals surface area contributed by atoms with Crippen molar-refractivity contribution in [2.45, 2.75) is 50.9 Å². The van der Waals surface area contributed by atoms with E-state index in [1.807, 2.05) is 24.3 Å². The molecular formula is C24H24Cl2N4O2S. The van der Waals surface area contributed by atoms with Crippen LogP contribution in [0.4, 0.5) is 5.69 Å². The number of hydrogen-bond donors (Lipinski definition) is 0. The largest absolute Gasteiger partial charge is 0.447 e. The molecular weight excluding hydrogens is 479 g/mol. The molecule has 0 bridgehead atoms. The molecule has 0 fully saturated rings. The SMILES string of the molecule is CCCCCCSc1nnc2c(n1)O[C@H](c1cccc(Cl)c1Cl)N(C(C)=O)c1ccccc1-2. The Kier molecular flexibility index (Phi) is 7.73. The minimum atomic E-state index is -0.866. The average Bonchev–Trinajstić information content (AvgIpc) is 2.95. The number of aromatic nitrogens is 3. The van der Waals surface area contributed by atoms with Gasteiger partial charge >= 0.3 is 0 Å². The summed E-state index contributed by atoms with van der Waals surface area (Å²) in [6.07, 6.45) is 3.80. The van der Waals surface area contributed by atoms with E-state index in [1.165, 1.54) is 26.2 Å². The molecule has 0 radical (unpaired) electrons. The Morgan fingerprint density at radius 3 is 2.70 bits per heavy atom. The highest BCUT2D eigenvalue weighted by Gasteiger charge is 2.35. The topological polar surface area (TPSA) is 68.2 Å². The van der Waals surface area contributed by atoms with E-state index in [2.05, 4.69) is 22.1 Å². The zero-order valence-electron chi connectivity index (χ0n) is 18.4. The maximum atomic E-state index is 12.8. The molecule has 0 unspecified atom stereocenters. The summed E-state index contributed by atoms with van der Waals surface area (Å²) in [5.74, 6) is 0.994. The fraction of sp³-hybridized carbons (Fsp3) is 0.333. The van der Waals surface area contributed by atoms with Crippen LogP contribution in [0.2, 0.25) is 10.0 Å². The number of hydrogen-bond acceptors (Lipinski definition) is 6. The first-order valence-electron chi connectivity index (χ1n) is 10.9. The standard InChI is InChI=1S/C24H24Cl2N4O2S/c1-3-4-5-8-14-33-24-27-22-21(28-29-24)16-10-6-7-13-19(16)30(15(2)31)23(32-22)17-11-9-12-18(25)20(17)26/h6-7,9-13,23H,3-5,8,14H2,1-2H3/t23-/m1/s1. The Hall–Kier alpha value is -2.35. The number of halogens is 2. The normalized spacial score (nSPS) is 14.8. The van der Waals surface area contributed by atoms with Crippen LogP contribution in [0.3, 0.4) is 0 Å². The van der Waals surface area contributed by atoms with Crippen LogP contribution in [0.1, 0.15) is 51.3 Å². The van der Waals surface area contributed by atoms with Gasteiger partial charge in [-0.3, -0.25) is 9.69 Å². The van der Waals surface area contributed by atoms with E-state index in [4.69, 9.17) is 27.9 Å². The minimum absolute atomic E-state index is 0.213. The summed E-state index contributed by atoms with van der Waals surface area (Å²) in [6, 6.07) is 12.7. The molecule has 1 amide bonds. The lowest BCUT2D eigenvalue weighted by Crippen LogP contribution is -2.36. The molecule has 0 spiro atoms. The van der Waals surface area contributed by atoms with Crippen molar-refractivity contribution in [3.05, 3.63) is 58.1 Å². The van der Waals surface area contributed by atoms with Gasteiger partial charge in [0.1, 0.15) is 0 Å². The molecule has 0 saturated heterocycles. The summed E-state index contributed by atoms with van der Waals surface area (Å²) in [7, 11) is 0. The third kappa shape index (κ3) is 5.10. The van der Waals surface area contributed by atoms with Crippen molar-refractivity contribution >= 4 is 46.6 Å². The molecule has 1 aliphatic rings. The van der Waals surface area contributed by atoms with Gasteiger partial charge in [0.15, 0.2) is 5.69 Å². The smallest absolute Gasteiger partial charge is 0.247 e. The summed E-state index contributed by atoms with van der Waals surface area (Å²) >= 11 is 14.4. The van der Waals surface area contributed by atoms with Crippen molar-refractivity contribution in [3.63, 3.8) is 0 Å². The van der Waals surface area contributed by atoms with Crippen molar-refractivity contribution in [1.29, 1.82) is 0 Å². The molecule has 0 saturated carbocycles. The van der Waals surface area contributed by atoms with E-state index in [-0.39, 0.29) is 5.91 Å². The van der Waals surface area contributed by atoms with Crippen molar-refractivity contribution in [1.82, 2.24) is 15.2 Å². The molecule has 6 nitrogen and oxygen atoms in total. The molecule has 1 aromatic heterocycles. The second-order valence-corrected chi connectivity index (χ2v) is 9.52. The fourth-order valence-corrected chi connectivity index (χ4v) is 4.90. The Balaban J connectivity index is 1.78. The maximum Gasteiger partial charge on any atom is 0.247 e. The van der Waals surface area contributed by atoms with Crippen LogP contribution in [0.25, 0.3) is 11.3 Å². The van der Waals surface area contributed by atoms with Crippen LogP contribution >= 0.6 is 35.0 Å². The van der Waals surface area contributed by atoms with E-state index < -0.39 is 6.23 Å². The van der Waals surface area contributed by atoms with E-state index in [0.717, 1.165) is 12.2 Å². The number of anilines is 1. The number of benzene rings is 2. The fourth-order valence-electron chi connectivity index (χ4n) is 3.72. The highest BCUT2D eigenvalue weighted by atomic mass is 35.5. The lowest BCUT2D eigenvalue weighted by Gasteiger charge is -2.30. The average molecular weight is 503 g/mol. The first-order valence-corrected chi connectivity index (χ1v) is 12.6. The van der Waals surface area contributed by atoms with Gasteiger partial charge in [-0.2, -0.15) is 4.98 Å². The number of fused-ring (bicyclic) bond motifs is 3. The third-order valence-corrected chi connectivity index (χ3v) is 7.09. The molecule has 2 heterocycles. The lowest BCUT2D eigenvalue weighted by molar-refractivity contribution is -0.118. The number of ether oxygens (including phenoxy) is 1. The van der Waals surface area contributed by atoms with Gasteiger partial charge in [-0.05, 0) is 18.6 Å². The molecule has 1 atom stereocenters. The van der Waals surface area contributed by atoms with E-state index in [9.17, 15) is 4.79 Å². The Labute approximate surface area is 207 Å². The summed E-state index contributed by atoms with van der Waals surface area (Å²) in [6.45, 7) is 3.67. The zero-order chi connectivity index (χ0) is 23.4. The number of amides is 1. The monoisotopic (exact) mass is 502 g/mol. The Bertz CT molecular complexity index is 1160. The van der Waals surface area contributed by atoms with Crippen LogP contribution in [0.15, 0.2) is 47.6 Å². The van der Waals surface area contributed by atoms with Gasteiger partial charge < -0.3 is 4.74 Å². The first-order chi connectivity index (χ1) is 16.0. The second-order valence-electron chi connectivity index (χ2n) is 7.68. The predicted octanol–water partition coefficient (Wildman–Crippen LogP) is 6.96. The van der Waals surface area contributed by atoms with Gasteiger partial charge in [0.05, 0.1) is 15.7 Å². The van der Waals surface area contributed by atoms with Gasteiger partial charge in [-0.15, -0.1) is 10.2 Å². The van der Waals surface area contributed by atoms with Gasteiger partial charge in [0, 0.05) is 23.8 Å². The van der Waals surface area contributed by atoms with Crippen LogP contribution in [-0.2, 0) is 4.79 Å². The van der Waals surface area contributed by atoms with Crippen LogP contribution < -0.4 is 9.64 Å². The molecule has 9 heteroatoms. The van der Waals surface area contributed by atoms with Crippen LogP contribution in [-0.4, -0.2) is 26.8 Å². The van der Waals surface area contributed by atoms with Crippen molar-refractivity contribution in [2.75, 3.05) is 10.7 Å².